The minimum absolute atomic E-state index is 0.146. The van der Waals surface area contributed by atoms with Gasteiger partial charge in [-0.15, -0.1) is 0 Å². The minimum Gasteiger partial charge on any atom is -0.360 e. The van der Waals surface area contributed by atoms with Gasteiger partial charge in [0.1, 0.15) is 0 Å². The summed E-state index contributed by atoms with van der Waals surface area (Å²) in [5, 5.41) is 9.71. The van der Waals surface area contributed by atoms with Crippen molar-refractivity contribution in [3.05, 3.63) is 35.5 Å². The number of Topliss-reactive ketones (excluding diaryl/α,β-unsaturated/α-hetero) is 1. The number of carbonyl (C=O) groups is 1. The van der Waals surface area contributed by atoms with E-state index in [4.69, 9.17) is 5.26 Å². The molecule has 1 N–H and O–H groups in total. The van der Waals surface area contributed by atoms with Gasteiger partial charge in [-0.1, -0.05) is 27.2 Å². The highest BCUT2D eigenvalue weighted by Gasteiger charge is 2.11. The van der Waals surface area contributed by atoms with E-state index in [2.05, 4.69) is 18.0 Å². The summed E-state index contributed by atoms with van der Waals surface area (Å²) in [5.74, 6) is 0.146. The summed E-state index contributed by atoms with van der Waals surface area (Å²) < 4.78 is 0. The number of unbranched alkanes of at least 4 members (excludes halogenated alkanes) is 1. The van der Waals surface area contributed by atoms with E-state index >= 15 is 0 Å². The van der Waals surface area contributed by atoms with Gasteiger partial charge in [-0.05, 0) is 24.6 Å². The molecule has 0 saturated carbocycles. The lowest BCUT2D eigenvalue weighted by Crippen LogP contribution is -1.97. The maximum Gasteiger partial charge on any atom is 0.165 e. The topological polar surface area (TPSA) is 56.6 Å². The van der Waals surface area contributed by atoms with Crippen molar-refractivity contribution in [2.75, 3.05) is 0 Å². The number of ketones is 1. The SMILES string of the molecule is CC.CCCCC(=O)c1c[nH]c2ccc(C#N)cc12. The molecule has 0 amide bonds. The largest absolute Gasteiger partial charge is 0.360 e. The number of aromatic amines is 1. The Morgan fingerprint density at radius 1 is 1.37 bits per heavy atom. The summed E-state index contributed by atoms with van der Waals surface area (Å²) in [7, 11) is 0. The molecule has 0 aliphatic rings. The molecule has 0 spiro atoms. The number of aromatic nitrogens is 1. The van der Waals surface area contributed by atoms with Crippen LogP contribution in [-0.2, 0) is 0 Å². The van der Waals surface area contributed by atoms with E-state index in [9.17, 15) is 4.79 Å². The van der Waals surface area contributed by atoms with Crippen LogP contribution in [0.1, 0.15) is 56.0 Å². The van der Waals surface area contributed by atoms with Gasteiger partial charge in [0.2, 0.25) is 0 Å². The van der Waals surface area contributed by atoms with Gasteiger partial charge < -0.3 is 4.98 Å². The molecule has 0 unspecified atom stereocenters. The number of rotatable bonds is 4. The lowest BCUT2D eigenvalue weighted by Gasteiger charge is -1.98. The van der Waals surface area contributed by atoms with Gasteiger partial charge in [-0.2, -0.15) is 5.26 Å². The number of hydrogen-bond acceptors (Lipinski definition) is 2. The fourth-order valence-corrected chi connectivity index (χ4v) is 1.89. The normalized spacial score (nSPS) is 9.58. The smallest absolute Gasteiger partial charge is 0.165 e. The van der Waals surface area contributed by atoms with E-state index in [1.165, 1.54) is 0 Å². The Morgan fingerprint density at radius 3 is 2.74 bits per heavy atom. The number of nitrogens with zero attached hydrogens (tertiary/aromatic N) is 1. The second-order valence-electron chi connectivity index (χ2n) is 4.10. The number of benzene rings is 1. The molecule has 0 saturated heterocycles. The number of hydrogen-bond donors (Lipinski definition) is 1. The second-order valence-corrected chi connectivity index (χ2v) is 4.10. The molecule has 1 aromatic heterocycles. The van der Waals surface area contributed by atoms with Crippen LogP contribution in [-0.4, -0.2) is 10.8 Å². The molecule has 1 heterocycles. The first kappa shape index (κ1) is 15.0. The van der Waals surface area contributed by atoms with Crippen LogP contribution < -0.4 is 0 Å². The summed E-state index contributed by atoms with van der Waals surface area (Å²) >= 11 is 0. The Hall–Kier alpha value is -2.08. The van der Waals surface area contributed by atoms with Crippen molar-refractivity contribution in [1.29, 1.82) is 5.26 Å². The van der Waals surface area contributed by atoms with Crippen LogP contribution in [0.3, 0.4) is 0 Å². The number of H-pyrrole nitrogens is 1. The molecule has 3 nitrogen and oxygen atoms in total. The first-order chi connectivity index (χ1) is 9.26. The summed E-state index contributed by atoms with van der Waals surface area (Å²) in [4.78, 5) is 15.0. The molecule has 0 aliphatic heterocycles. The highest BCUT2D eigenvalue weighted by molar-refractivity contribution is 6.08. The molecular formula is C16H20N2O. The summed E-state index contributed by atoms with van der Waals surface area (Å²) in [6, 6.07) is 7.45. The molecular weight excluding hydrogens is 236 g/mol. The molecule has 2 aromatic rings. The lowest BCUT2D eigenvalue weighted by atomic mass is 10.0. The predicted octanol–water partition coefficient (Wildman–Crippen LogP) is 4.44. The molecule has 100 valence electrons. The van der Waals surface area contributed by atoms with Crippen molar-refractivity contribution in [2.24, 2.45) is 0 Å². The van der Waals surface area contributed by atoms with Crippen LogP contribution in [0.4, 0.5) is 0 Å². The molecule has 0 aliphatic carbocycles. The number of fused-ring (bicyclic) bond motifs is 1. The van der Waals surface area contributed by atoms with E-state index < -0.39 is 0 Å². The van der Waals surface area contributed by atoms with Gasteiger partial charge in [0.15, 0.2) is 5.78 Å². The van der Waals surface area contributed by atoms with E-state index in [1.807, 2.05) is 19.9 Å². The first-order valence-electron chi connectivity index (χ1n) is 6.80. The third-order valence-corrected chi connectivity index (χ3v) is 2.87. The van der Waals surface area contributed by atoms with Gasteiger partial charge in [-0.25, -0.2) is 0 Å². The van der Waals surface area contributed by atoms with Crippen LogP contribution in [0.2, 0.25) is 0 Å². The Bertz CT molecular complexity index is 590. The molecule has 0 atom stereocenters. The van der Waals surface area contributed by atoms with Gasteiger partial charge >= 0.3 is 0 Å². The Kier molecular flexibility index (Phi) is 5.81. The second kappa shape index (κ2) is 7.38. The van der Waals surface area contributed by atoms with Gasteiger partial charge in [0.25, 0.3) is 0 Å². The monoisotopic (exact) mass is 256 g/mol. The van der Waals surface area contributed by atoms with Crippen LogP contribution in [0.25, 0.3) is 10.9 Å². The van der Waals surface area contributed by atoms with E-state index in [0.29, 0.717) is 17.5 Å². The van der Waals surface area contributed by atoms with Crippen molar-refractivity contribution in [3.63, 3.8) is 0 Å². The summed E-state index contributed by atoms with van der Waals surface area (Å²) in [6.45, 7) is 6.07. The maximum absolute atomic E-state index is 12.0. The Balaban J connectivity index is 0.000000861. The van der Waals surface area contributed by atoms with Crippen molar-refractivity contribution >= 4 is 16.7 Å². The van der Waals surface area contributed by atoms with E-state index in [-0.39, 0.29) is 5.78 Å². The van der Waals surface area contributed by atoms with Crippen LogP contribution in [0, 0.1) is 11.3 Å². The fraction of sp³-hybridized carbons (Fsp3) is 0.375. The van der Waals surface area contributed by atoms with Gasteiger partial charge in [-0.3, -0.25) is 4.79 Å². The third kappa shape index (κ3) is 3.45. The average Bonchev–Trinajstić information content (AvgIpc) is 2.89. The predicted molar refractivity (Wildman–Crippen MR) is 78.2 cm³/mol. The van der Waals surface area contributed by atoms with Crippen molar-refractivity contribution in [1.82, 2.24) is 4.98 Å². The van der Waals surface area contributed by atoms with Crippen molar-refractivity contribution in [2.45, 2.75) is 40.0 Å². The highest BCUT2D eigenvalue weighted by atomic mass is 16.1. The van der Waals surface area contributed by atoms with Crippen LogP contribution in [0.5, 0.6) is 0 Å². The van der Waals surface area contributed by atoms with Gasteiger partial charge in [0.05, 0.1) is 11.6 Å². The number of nitrogens with one attached hydrogen (secondary N) is 1. The zero-order chi connectivity index (χ0) is 14.3. The number of carbonyl (C=O) groups excluding carboxylic acids is 1. The lowest BCUT2D eigenvalue weighted by molar-refractivity contribution is 0.0981. The average molecular weight is 256 g/mol. The molecule has 0 bridgehead atoms. The highest BCUT2D eigenvalue weighted by Crippen LogP contribution is 2.21. The zero-order valence-corrected chi connectivity index (χ0v) is 11.8. The fourth-order valence-electron chi connectivity index (χ4n) is 1.89. The first-order valence-corrected chi connectivity index (χ1v) is 6.80. The Morgan fingerprint density at radius 2 is 2.11 bits per heavy atom. The van der Waals surface area contributed by atoms with E-state index in [0.717, 1.165) is 23.7 Å². The summed E-state index contributed by atoms with van der Waals surface area (Å²) in [6.07, 6.45) is 4.23. The minimum atomic E-state index is 0.146. The third-order valence-electron chi connectivity index (χ3n) is 2.87. The quantitative estimate of drug-likeness (QED) is 0.822. The van der Waals surface area contributed by atoms with Gasteiger partial charge in [0, 0.05) is 29.1 Å². The van der Waals surface area contributed by atoms with E-state index in [1.54, 1.807) is 18.3 Å². The molecule has 1 aromatic carbocycles. The van der Waals surface area contributed by atoms with Crippen LogP contribution >= 0.6 is 0 Å². The van der Waals surface area contributed by atoms with Crippen molar-refractivity contribution in [3.8, 4) is 6.07 Å². The standard InChI is InChI=1S/C14H14N2O.C2H6/c1-2-3-4-14(17)12-9-16-13-6-5-10(8-15)7-11(12)13;1-2/h5-7,9,16H,2-4H2,1H3;1-2H3. The number of nitriles is 1. The zero-order valence-electron chi connectivity index (χ0n) is 11.8. The molecule has 0 radical (unpaired) electrons. The van der Waals surface area contributed by atoms with Crippen molar-refractivity contribution < 1.29 is 4.79 Å². The maximum atomic E-state index is 12.0. The molecule has 2 rings (SSSR count). The molecule has 19 heavy (non-hydrogen) atoms. The Labute approximate surface area is 114 Å². The summed E-state index contributed by atoms with van der Waals surface area (Å²) in [5.41, 5.74) is 2.19. The van der Waals surface area contributed by atoms with Crippen LogP contribution in [0.15, 0.2) is 24.4 Å². The molecule has 0 fully saturated rings. The molecule has 3 heteroatoms.